The minimum Gasteiger partial charge on any atom is -0.383 e. The molecule has 3 rings (SSSR count). The van der Waals surface area contributed by atoms with Crippen LogP contribution in [0.5, 0.6) is 0 Å². The van der Waals surface area contributed by atoms with Gasteiger partial charge in [-0.25, -0.2) is 4.98 Å². The number of rotatable bonds is 6. The van der Waals surface area contributed by atoms with Gasteiger partial charge in [0, 0.05) is 38.9 Å². The summed E-state index contributed by atoms with van der Waals surface area (Å²) in [5, 5.41) is 2.80. The van der Waals surface area contributed by atoms with Crippen LogP contribution in [0, 0.1) is 5.92 Å². The first-order chi connectivity index (χ1) is 11.6. The van der Waals surface area contributed by atoms with Crippen LogP contribution in [0.2, 0.25) is 0 Å². The number of amides is 2. The Labute approximate surface area is 142 Å². The predicted octanol–water partition coefficient (Wildman–Crippen LogP) is 0.891. The lowest BCUT2D eigenvalue weighted by Crippen LogP contribution is -2.45. The third kappa shape index (κ3) is 3.45. The van der Waals surface area contributed by atoms with Gasteiger partial charge in [0.25, 0.3) is 0 Å². The van der Waals surface area contributed by atoms with Crippen LogP contribution in [0.1, 0.15) is 43.7 Å². The normalized spacial score (nSPS) is 20.4. The minimum absolute atomic E-state index is 0.0304. The molecule has 1 fully saturated rings. The second kappa shape index (κ2) is 7.34. The van der Waals surface area contributed by atoms with Crippen LogP contribution >= 0.6 is 0 Å². The Morgan fingerprint density at radius 1 is 1.38 bits per heavy atom. The second-order valence-corrected chi connectivity index (χ2v) is 6.64. The van der Waals surface area contributed by atoms with E-state index in [2.05, 4.69) is 14.9 Å². The average molecular weight is 334 g/mol. The molecule has 1 aliphatic carbocycles. The van der Waals surface area contributed by atoms with Gasteiger partial charge in [0.15, 0.2) is 0 Å². The van der Waals surface area contributed by atoms with Crippen molar-refractivity contribution >= 4 is 11.8 Å². The van der Waals surface area contributed by atoms with Gasteiger partial charge in [-0.3, -0.25) is 9.59 Å². The Balaban J connectivity index is 1.62. The first-order valence-corrected chi connectivity index (χ1v) is 8.72. The number of hydrogen-bond donors (Lipinski definition) is 1. The van der Waals surface area contributed by atoms with E-state index in [-0.39, 0.29) is 30.2 Å². The first kappa shape index (κ1) is 17.0. The lowest BCUT2D eigenvalue weighted by molar-refractivity contribution is -0.141. The smallest absolute Gasteiger partial charge is 0.226 e. The van der Waals surface area contributed by atoms with Crippen LogP contribution in [0.15, 0.2) is 6.20 Å². The quantitative estimate of drug-likeness (QED) is 0.784. The molecule has 0 bridgehead atoms. The van der Waals surface area contributed by atoms with E-state index in [1.54, 1.807) is 7.11 Å². The van der Waals surface area contributed by atoms with Crippen LogP contribution < -0.4 is 5.32 Å². The Hall–Kier alpha value is -1.89. The number of carbonyl (C=O) groups is 2. The lowest BCUT2D eigenvalue weighted by Gasteiger charge is -2.38. The zero-order valence-corrected chi connectivity index (χ0v) is 14.5. The maximum atomic E-state index is 12.5. The number of hydrogen-bond acceptors (Lipinski definition) is 4. The summed E-state index contributed by atoms with van der Waals surface area (Å²) >= 11 is 0. The molecule has 1 saturated carbocycles. The largest absolute Gasteiger partial charge is 0.383 e. The molecular formula is C17H26N4O3. The van der Waals surface area contributed by atoms with Crippen molar-refractivity contribution in [2.45, 2.75) is 45.2 Å². The van der Waals surface area contributed by atoms with Gasteiger partial charge in [0.05, 0.1) is 24.8 Å². The summed E-state index contributed by atoms with van der Waals surface area (Å²) in [5.74, 6) is 1.30. The van der Waals surface area contributed by atoms with Crippen LogP contribution in [0.4, 0.5) is 0 Å². The van der Waals surface area contributed by atoms with Crippen LogP contribution in [-0.4, -0.2) is 53.1 Å². The number of nitrogens with one attached hydrogen (secondary N) is 1. The molecule has 2 aliphatic rings. The van der Waals surface area contributed by atoms with E-state index in [0.29, 0.717) is 13.2 Å². The van der Waals surface area contributed by atoms with E-state index in [4.69, 9.17) is 4.74 Å². The highest BCUT2D eigenvalue weighted by Gasteiger charge is 2.35. The maximum absolute atomic E-state index is 12.5. The lowest BCUT2D eigenvalue weighted by atomic mass is 9.84. The molecule has 0 spiro atoms. The van der Waals surface area contributed by atoms with E-state index in [0.717, 1.165) is 43.9 Å². The van der Waals surface area contributed by atoms with E-state index in [9.17, 15) is 9.59 Å². The van der Waals surface area contributed by atoms with Gasteiger partial charge in [0.2, 0.25) is 11.8 Å². The SMILES string of the molecule is COCCNC(=O)Cc1cn2c(n1)[C@@H](C)N(C(=O)C1CCC1)CC2. The molecular weight excluding hydrogens is 308 g/mol. The number of carbonyl (C=O) groups excluding carboxylic acids is 2. The molecule has 0 radical (unpaired) electrons. The Morgan fingerprint density at radius 2 is 2.17 bits per heavy atom. The highest BCUT2D eigenvalue weighted by Crippen LogP contribution is 2.33. The van der Waals surface area contributed by atoms with E-state index in [1.165, 1.54) is 0 Å². The van der Waals surface area contributed by atoms with E-state index >= 15 is 0 Å². The van der Waals surface area contributed by atoms with Gasteiger partial charge in [-0.05, 0) is 19.8 Å². The first-order valence-electron chi connectivity index (χ1n) is 8.72. The standard InChI is InChI=1S/C17H26N4O3/c1-12-16-19-14(10-15(22)18-6-9-24-2)11-20(16)7-8-21(12)17(23)13-4-3-5-13/h11-13H,3-10H2,1-2H3,(H,18,22)/t12-/m1/s1. The summed E-state index contributed by atoms with van der Waals surface area (Å²) in [4.78, 5) is 31.0. The molecule has 7 heteroatoms. The summed E-state index contributed by atoms with van der Waals surface area (Å²) in [6.45, 7) is 4.50. The summed E-state index contributed by atoms with van der Waals surface area (Å²) in [6.07, 6.45) is 5.39. The van der Waals surface area contributed by atoms with Gasteiger partial charge in [-0.1, -0.05) is 6.42 Å². The van der Waals surface area contributed by atoms with Crippen LogP contribution in [0.3, 0.4) is 0 Å². The fourth-order valence-electron chi connectivity index (χ4n) is 3.34. The number of fused-ring (bicyclic) bond motifs is 1. The topological polar surface area (TPSA) is 76.5 Å². The van der Waals surface area contributed by atoms with Gasteiger partial charge in [0.1, 0.15) is 5.82 Å². The molecule has 0 saturated heterocycles. The third-order valence-electron chi connectivity index (χ3n) is 4.99. The van der Waals surface area contributed by atoms with Crippen molar-refractivity contribution in [2.75, 3.05) is 26.8 Å². The molecule has 1 aliphatic heterocycles. The molecule has 0 aromatic carbocycles. The molecule has 132 valence electrons. The number of nitrogens with zero attached hydrogens (tertiary/aromatic N) is 3. The van der Waals surface area contributed by atoms with Crippen molar-refractivity contribution in [3.63, 3.8) is 0 Å². The fraction of sp³-hybridized carbons (Fsp3) is 0.706. The van der Waals surface area contributed by atoms with Crippen LogP contribution in [-0.2, 0) is 27.3 Å². The summed E-state index contributed by atoms with van der Waals surface area (Å²) < 4.78 is 6.99. The zero-order valence-electron chi connectivity index (χ0n) is 14.5. The predicted molar refractivity (Wildman–Crippen MR) is 88.3 cm³/mol. The highest BCUT2D eigenvalue weighted by atomic mass is 16.5. The third-order valence-corrected chi connectivity index (χ3v) is 4.99. The molecule has 24 heavy (non-hydrogen) atoms. The zero-order chi connectivity index (χ0) is 17.1. The number of ether oxygens (including phenoxy) is 1. The van der Waals surface area contributed by atoms with Gasteiger partial charge in [-0.2, -0.15) is 0 Å². The maximum Gasteiger partial charge on any atom is 0.226 e. The summed E-state index contributed by atoms with van der Waals surface area (Å²) in [6, 6.07) is -0.0304. The molecule has 1 N–H and O–H groups in total. The van der Waals surface area contributed by atoms with Crippen molar-refractivity contribution < 1.29 is 14.3 Å². The van der Waals surface area contributed by atoms with Crippen molar-refractivity contribution in [1.29, 1.82) is 0 Å². The molecule has 1 atom stereocenters. The fourth-order valence-corrected chi connectivity index (χ4v) is 3.34. The van der Waals surface area contributed by atoms with Gasteiger partial charge in [-0.15, -0.1) is 0 Å². The molecule has 1 aromatic rings. The minimum atomic E-state index is -0.0578. The van der Waals surface area contributed by atoms with Crippen LogP contribution in [0.25, 0.3) is 0 Å². The molecule has 2 amide bonds. The summed E-state index contributed by atoms with van der Waals surface area (Å²) in [5.41, 5.74) is 0.754. The Bertz CT molecular complexity index is 609. The monoisotopic (exact) mass is 334 g/mol. The Morgan fingerprint density at radius 3 is 2.83 bits per heavy atom. The van der Waals surface area contributed by atoms with E-state index < -0.39 is 0 Å². The van der Waals surface area contributed by atoms with Crippen molar-refractivity contribution in [3.8, 4) is 0 Å². The summed E-state index contributed by atoms with van der Waals surface area (Å²) in [7, 11) is 1.60. The molecule has 1 aromatic heterocycles. The molecule has 2 heterocycles. The van der Waals surface area contributed by atoms with E-state index in [1.807, 2.05) is 18.0 Å². The Kier molecular flexibility index (Phi) is 5.18. The average Bonchev–Trinajstić information content (AvgIpc) is 2.89. The number of aromatic nitrogens is 2. The molecule has 0 unspecified atom stereocenters. The van der Waals surface area contributed by atoms with Crippen molar-refractivity contribution in [2.24, 2.45) is 5.92 Å². The second-order valence-electron chi connectivity index (χ2n) is 6.64. The van der Waals surface area contributed by atoms with Crippen molar-refractivity contribution in [3.05, 3.63) is 17.7 Å². The van der Waals surface area contributed by atoms with Gasteiger partial charge >= 0.3 is 0 Å². The highest BCUT2D eigenvalue weighted by molar-refractivity contribution is 5.80. The van der Waals surface area contributed by atoms with Crippen molar-refractivity contribution in [1.82, 2.24) is 19.8 Å². The number of methoxy groups -OCH3 is 1. The number of imidazole rings is 1. The van der Waals surface area contributed by atoms with Gasteiger partial charge < -0.3 is 19.5 Å². The molecule has 7 nitrogen and oxygen atoms in total.